The number of anilines is 1. The fraction of sp³-hybridized carbons (Fsp3) is 0.364. The van der Waals surface area contributed by atoms with E-state index in [4.69, 9.17) is 0 Å². The Morgan fingerprint density at radius 1 is 1.07 bits per heavy atom. The summed E-state index contributed by atoms with van der Waals surface area (Å²) in [4.78, 5) is 25.5. The molecule has 27 heavy (non-hydrogen) atoms. The van der Waals surface area contributed by atoms with Crippen LogP contribution < -0.4 is 16.0 Å². The standard InChI is InChI=1S/C22H27N3O2/c1-14(2)20(22(27)24-18-10-6-7-15(3)11-18)25-21(26)19-12-16-8-4-5-9-17(16)13-23-19/h4-11,14,19-20,23H,12-13H2,1-3H3,(H,24,27)(H,25,26)/t19-,20-/m0/s1. The Balaban J connectivity index is 1.65. The van der Waals surface area contributed by atoms with Crippen LogP contribution in [0, 0.1) is 12.8 Å². The molecule has 0 radical (unpaired) electrons. The van der Waals surface area contributed by atoms with Crippen molar-refractivity contribution in [2.45, 2.75) is 45.8 Å². The normalized spacial score (nSPS) is 17.1. The molecule has 0 unspecified atom stereocenters. The molecule has 0 saturated carbocycles. The SMILES string of the molecule is Cc1cccc(NC(=O)[C@@H](NC(=O)[C@@H]2Cc3ccccc3CN2)C(C)C)c1. The van der Waals surface area contributed by atoms with E-state index >= 15 is 0 Å². The van der Waals surface area contributed by atoms with Gasteiger partial charge < -0.3 is 16.0 Å². The molecule has 2 aromatic rings. The Morgan fingerprint density at radius 2 is 1.81 bits per heavy atom. The van der Waals surface area contributed by atoms with Gasteiger partial charge in [-0.3, -0.25) is 9.59 Å². The van der Waals surface area contributed by atoms with Gasteiger partial charge in [0, 0.05) is 12.2 Å². The van der Waals surface area contributed by atoms with E-state index < -0.39 is 6.04 Å². The van der Waals surface area contributed by atoms with Crippen molar-refractivity contribution in [2.24, 2.45) is 5.92 Å². The van der Waals surface area contributed by atoms with Gasteiger partial charge in [0.2, 0.25) is 11.8 Å². The molecule has 5 heteroatoms. The summed E-state index contributed by atoms with van der Waals surface area (Å²) in [5, 5.41) is 9.12. The summed E-state index contributed by atoms with van der Waals surface area (Å²) in [6.07, 6.45) is 0.631. The fourth-order valence-electron chi connectivity index (χ4n) is 3.37. The molecule has 2 aromatic carbocycles. The van der Waals surface area contributed by atoms with Gasteiger partial charge in [-0.15, -0.1) is 0 Å². The second kappa shape index (κ2) is 8.35. The van der Waals surface area contributed by atoms with E-state index in [0.29, 0.717) is 13.0 Å². The molecule has 0 bridgehead atoms. The molecule has 3 rings (SSSR count). The lowest BCUT2D eigenvalue weighted by Gasteiger charge is -2.28. The van der Waals surface area contributed by atoms with Crippen molar-refractivity contribution in [3.63, 3.8) is 0 Å². The highest BCUT2D eigenvalue weighted by atomic mass is 16.2. The minimum absolute atomic E-state index is 0.0189. The van der Waals surface area contributed by atoms with Crippen molar-refractivity contribution in [1.82, 2.24) is 10.6 Å². The van der Waals surface area contributed by atoms with Crippen molar-refractivity contribution >= 4 is 17.5 Å². The molecule has 0 aliphatic carbocycles. The number of nitrogens with one attached hydrogen (secondary N) is 3. The van der Waals surface area contributed by atoms with Crippen LogP contribution in [0.4, 0.5) is 5.69 Å². The molecule has 0 aromatic heterocycles. The maximum Gasteiger partial charge on any atom is 0.247 e. The van der Waals surface area contributed by atoms with E-state index in [0.717, 1.165) is 11.3 Å². The summed E-state index contributed by atoms with van der Waals surface area (Å²) >= 11 is 0. The van der Waals surface area contributed by atoms with E-state index in [9.17, 15) is 9.59 Å². The first-order valence-electron chi connectivity index (χ1n) is 9.42. The molecule has 1 aliphatic heterocycles. The van der Waals surface area contributed by atoms with E-state index in [-0.39, 0.29) is 23.8 Å². The summed E-state index contributed by atoms with van der Waals surface area (Å²) in [5.41, 5.74) is 4.22. The van der Waals surface area contributed by atoms with Crippen molar-refractivity contribution in [3.05, 3.63) is 65.2 Å². The van der Waals surface area contributed by atoms with Gasteiger partial charge in [-0.1, -0.05) is 50.2 Å². The highest BCUT2D eigenvalue weighted by Gasteiger charge is 2.29. The second-order valence-corrected chi connectivity index (χ2v) is 7.50. The molecular formula is C22H27N3O2. The smallest absolute Gasteiger partial charge is 0.247 e. The number of benzene rings is 2. The Morgan fingerprint density at radius 3 is 2.52 bits per heavy atom. The Hall–Kier alpha value is -2.66. The van der Waals surface area contributed by atoms with E-state index in [1.807, 2.05) is 57.2 Å². The minimum Gasteiger partial charge on any atom is -0.343 e. The van der Waals surface area contributed by atoms with Crippen LogP contribution in [0.2, 0.25) is 0 Å². The number of rotatable bonds is 5. The lowest BCUT2D eigenvalue weighted by molar-refractivity contribution is -0.128. The number of fused-ring (bicyclic) bond motifs is 1. The van der Waals surface area contributed by atoms with Gasteiger partial charge in [-0.25, -0.2) is 0 Å². The van der Waals surface area contributed by atoms with Gasteiger partial charge in [-0.05, 0) is 48.1 Å². The number of amides is 2. The third-order valence-corrected chi connectivity index (χ3v) is 4.93. The average molecular weight is 365 g/mol. The summed E-state index contributed by atoms with van der Waals surface area (Å²) in [6, 6.07) is 14.9. The zero-order valence-corrected chi connectivity index (χ0v) is 16.1. The highest BCUT2D eigenvalue weighted by Crippen LogP contribution is 2.17. The van der Waals surface area contributed by atoms with Gasteiger partial charge in [0.05, 0.1) is 6.04 Å². The molecule has 3 N–H and O–H groups in total. The van der Waals surface area contributed by atoms with Gasteiger partial charge in [0.15, 0.2) is 0 Å². The third kappa shape index (κ3) is 4.74. The first-order valence-corrected chi connectivity index (χ1v) is 9.42. The van der Waals surface area contributed by atoms with Crippen molar-refractivity contribution < 1.29 is 9.59 Å². The van der Waals surface area contributed by atoms with Crippen molar-refractivity contribution in [3.8, 4) is 0 Å². The van der Waals surface area contributed by atoms with E-state index in [2.05, 4.69) is 28.1 Å². The number of hydrogen-bond acceptors (Lipinski definition) is 3. The number of carbonyl (C=O) groups excluding carboxylic acids is 2. The Kier molecular flexibility index (Phi) is 5.91. The third-order valence-electron chi connectivity index (χ3n) is 4.93. The van der Waals surface area contributed by atoms with Crippen LogP contribution in [0.5, 0.6) is 0 Å². The minimum atomic E-state index is -0.586. The molecule has 1 heterocycles. The summed E-state index contributed by atoms with van der Waals surface area (Å²) in [5.74, 6) is -0.350. The van der Waals surface area contributed by atoms with Gasteiger partial charge in [0.1, 0.15) is 6.04 Å². The number of aryl methyl sites for hydroxylation is 1. The molecule has 0 spiro atoms. The van der Waals surface area contributed by atoms with Crippen LogP contribution in [0.25, 0.3) is 0 Å². The van der Waals surface area contributed by atoms with Crippen LogP contribution in [-0.2, 0) is 22.6 Å². The number of carbonyl (C=O) groups is 2. The van der Waals surface area contributed by atoms with Crippen molar-refractivity contribution in [2.75, 3.05) is 5.32 Å². The second-order valence-electron chi connectivity index (χ2n) is 7.50. The summed E-state index contributed by atoms with van der Waals surface area (Å²) in [7, 11) is 0. The maximum absolute atomic E-state index is 12.8. The zero-order valence-electron chi connectivity index (χ0n) is 16.1. The van der Waals surface area contributed by atoms with Crippen LogP contribution in [-0.4, -0.2) is 23.9 Å². The summed E-state index contributed by atoms with van der Waals surface area (Å²) in [6.45, 7) is 6.51. The van der Waals surface area contributed by atoms with Crippen LogP contribution in [0.15, 0.2) is 48.5 Å². The maximum atomic E-state index is 12.8. The molecule has 2 amide bonds. The predicted molar refractivity (Wildman–Crippen MR) is 107 cm³/mol. The quantitative estimate of drug-likeness (QED) is 0.763. The molecule has 142 valence electrons. The largest absolute Gasteiger partial charge is 0.343 e. The van der Waals surface area contributed by atoms with Gasteiger partial charge >= 0.3 is 0 Å². The van der Waals surface area contributed by atoms with Crippen molar-refractivity contribution in [1.29, 1.82) is 0 Å². The Labute approximate surface area is 160 Å². The van der Waals surface area contributed by atoms with Crippen LogP contribution >= 0.6 is 0 Å². The van der Waals surface area contributed by atoms with Gasteiger partial charge in [0.25, 0.3) is 0 Å². The fourth-order valence-corrected chi connectivity index (χ4v) is 3.37. The molecular weight excluding hydrogens is 338 g/mol. The average Bonchev–Trinajstić information content (AvgIpc) is 2.65. The lowest BCUT2D eigenvalue weighted by Crippen LogP contribution is -2.54. The summed E-state index contributed by atoms with van der Waals surface area (Å²) < 4.78 is 0. The lowest BCUT2D eigenvalue weighted by atomic mass is 9.94. The molecule has 0 saturated heterocycles. The van der Waals surface area contributed by atoms with Crippen LogP contribution in [0.1, 0.15) is 30.5 Å². The first kappa shape index (κ1) is 19.1. The topological polar surface area (TPSA) is 70.2 Å². The van der Waals surface area contributed by atoms with Gasteiger partial charge in [-0.2, -0.15) is 0 Å². The monoisotopic (exact) mass is 365 g/mol. The zero-order chi connectivity index (χ0) is 19.4. The van der Waals surface area contributed by atoms with Crippen LogP contribution in [0.3, 0.4) is 0 Å². The predicted octanol–water partition coefficient (Wildman–Crippen LogP) is 2.79. The molecule has 2 atom stereocenters. The highest BCUT2D eigenvalue weighted by molar-refractivity contribution is 5.98. The molecule has 0 fully saturated rings. The molecule has 5 nitrogen and oxygen atoms in total. The number of hydrogen-bond donors (Lipinski definition) is 3. The van der Waals surface area contributed by atoms with E-state index in [1.165, 1.54) is 11.1 Å². The first-order chi connectivity index (χ1) is 12.9. The molecule has 1 aliphatic rings. The van der Waals surface area contributed by atoms with E-state index in [1.54, 1.807) is 0 Å². The Bertz CT molecular complexity index is 832.